The third-order valence-corrected chi connectivity index (χ3v) is 3.75. The van der Waals surface area contributed by atoms with Gasteiger partial charge in [0.05, 0.1) is 5.69 Å². The Morgan fingerprint density at radius 2 is 2.00 bits per heavy atom. The second-order valence-electron chi connectivity index (χ2n) is 4.11. The summed E-state index contributed by atoms with van der Waals surface area (Å²) in [7, 11) is 1.92. The van der Waals surface area contributed by atoms with E-state index in [1.54, 1.807) is 17.5 Å². The van der Waals surface area contributed by atoms with Gasteiger partial charge in [-0.05, 0) is 24.3 Å². The first-order valence-corrected chi connectivity index (χ1v) is 6.89. The molecule has 2 aromatic heterocycles. The molecule has 3 nitrogen and oxygen atoms in total. The fraction of sp³-hybridized carbons (Fsp3) is 0.0667. The van der Waals surface area contributed by atoms with E-state index >= 15 is 0 Å². The van der Waals surface area contributed by atoms with Crippen LogP contribution >= 0.6 is 11.3 Å². The molecule has 0 radical (unpaired) electrons. The lowest BCUT2D eigenvalue weighted by Gasteiger charge is -2.01. The van der Waals surface area contributed by atoms with Gasteiger partial charge >= 0.3 is 0 Å². The molecular weight excluding hydrogens is 254 g/mol. The van der Waals surface area contributed by atoms with Crippen molar-refractivity contribution in [1.29, 1.82) is 0 Å². The van der Waals surface area contributed by atoms with E-state index in [0.29, 0.717) is 0 Å². The van der Waals surface area contributed by atoms with Gasteiger partial charge in [-0.1, -0.05) is 12.1 Å². The zero-order valence-corrected chi connectivity index (χ0v) is 11.3. The Hall–Kier alpha value is -2.20. The fourth-order valence-corrected chi connectivity index (χ4v) is 2.69. The first kappa shape index (κ1) is 11.9. The molecule has 0 unspecified atom stereocenters. The van der Waals surface area contributed by atoms with Crippen LogP contribution < -0.4 is 5.32 Å². The number of hydrogen-bond donors (Lipinski definition) is 1. The van der Waals surface area contributed by atoms with E-state index in [-0.39, 0.29) is 0 Å². The third-order valence-electron chi connectivity index (χ3n) is 2.86. The number of nitrogens with zero attached hydrogens (tertiary/aromatic N) is 2. The van der Waals surface area contributed by atoms with Crippen LogP contribution in [0.1, 0.15) is 0 Å². The summed E-state index contributed by atoms with van der Waals surface area (Å²) in [5, 5.41) is 6.23. The largest absolute Gasteiger partial charge is 0.388 e. The number of aromatic nitrogens is 2. The summed E-state index contributed by atoms with van der Waals surface area (Å²) in [6.07, 6.45) is 3.61. The van der Waals surface area contributed by atoms with Crippen LogP contribution in [0.25, 0.3) is 21.8 Å². The molecule has 2 heterocycles. The molecule has 3 rings (SSSR count). The third kappa shape index (κ3) is 2.48. The van der Waals surface area contributed by atoms with E-state index in [1.807, 2.05) is 37.5 Å². The number of pyridine rings is 1. The molecule has 1 aromatic carbocycles. The molecule has 0 amide bonds. The molecule has 0 saturated carbocycles. The number of nitrogens with one attached hydrogen (secondary N) is 1. The van der Waals surface area contributed by atoms with Crippen molar-refractivity contribution < 1.29 is 0 Å². The lowest BCUT2D eigenvalue weighted by molar-refractivity contribution is 1.31. The molecule has 19 heavy (non-hydrogen) atoms. The maximum absolute atomic E-state index is 4.68. The minimum atomic E-state index is 0.975. The minimum Gasteiger partial charge on any atom is -0.388 e. The molecule has 1 N–H and O–H groups in total. The normalized spacial score (nSPS) is 10.4. The maximum atomic E-state index is 4.68. The van der Waals surface area contributed by atoms with Gasteiger partial charge in [0.1, 0.15) is 5.01 Å². The number of anilines is 1. The zero-order chi connectivity index (χ0) is 13.1. The van der Waals surface area contributed by atoms with Gasteiger partial charge in [-0.15, -0.1) is 11.3 Å². The molecule has 0 aliphatic rings. The molecule has 94 valence electrons. The van der Waals surface area contributed by atoms with Gasteiger partial charge < -0.3 is 5.32 Å². The van der Waals surface area contributed by atoms with E-state index in [0.717, 1.165) is 27.5 Å². The summed E-state index contributed by atoms with van der Waals surface area (Å²) in [4.78, 5) is 8.80. The van der Waals surface area contributed by atoms with Gasteiger partial charge in [-0.25, -0.2) is 4.98 Å². The van der Waals surface area contributed by atoms with Crippen LogP contribution in [0, 0.1) is 0 Å². The molecule has 0 aliphatic heterocycles. The molecular formula is C15H13N3S. The predicted molar refractivity (Wildman–Crippen MR) is 80.3 cm³/mol. The SMILES string of the molecule is CNc1cccc(-c2nc(-c3cccnc3)cs2)c1. The molecule has 0 saturated heterocycles. The van der Waals surface area contributed by atoms with Crippen LogP contribution in [0.15, 0.2) is 54.2 Å². The van der Waals surface area contributed by atoms with Crippen LogP contribution in [0.5, 0.6) is 0 Å². The van der Waals surface area contributed by atoms with Crippen molar-refractivity contribution in [3.63, 3.8) is 0 Å². The molecule has 0 fully saturated rings. The molecule has 0 atom stereocenters. The highest BCUT2D eigenvalue weighted by Gasteiger charge is 2.06. The number of thiazole rings is 1. The lowest BCUT2D eigenvalue weighted by Crippen LogP contribution is -1.87. The van der Waals surface area contributed by atoms with Gasteiger partial charge in [-0.3, -0.25) is 4.98 Å². The Labute approximate surface area is 116 Å². The number of benzene rings is 1. The number of rotatable bonds is 3. The molecule has 0 aliphatic carbocycles. The minimum absolute atomic E-state index is 0.975. The highest BCUT2D eigenvalue weighted by atomic mass is 32.1. The van der Waals surface area contributed by atoms with Crippen LogP contribution in [-0.4, -0.2) is 17.0 Å². The molecule has 3 aromatic rings. The predicted octanol–water partition coefficient (Wildman–Crippen LogP) is 3.91. The molecule has 0 spiro atoms. The second-order valence-corrected chi connectivity index (χ2v) is 4.97. The zero-order valence-electron chi connectivity index (χ0n) is 10.5. The Morgan fingerprint density at radius 3 is 2.79 bits per heavy atom. The first-order chi connectivity index (χ1) is 9.36. The highest BCUT2D eigenvalue weighted by Crippen LogP contribution is 2.29. The lowest BCUT2D eigenvalue weighted by atomic mass is 10.2. The Morgan fingerprint density at radius 1 is 1.11 bits per heavy atom. The Balaban J connectivity index is 1.97. The average Bonchev–Trinajstić information content (AvgIpc) is 2.98. The van der Waals surface area contributed by atoms with Crippen molar-refractivity contribution >= 4 is 17.0 Å². The number of hydrogen-bond acceptors (Lipinski definition) is 4. The summed E-state index contributed by atoms with van der Waals surface area (Å²) in [6, 6.07) is 12.2. The van der Waals surface area contributed by atoms with Crippen LogP contribution in [0.4, 0.5) is 5.69 Å². The van der Waals surface area contributed by atoms with E-state index in [9.17, 15) is 0 Å². The first-order valence-electron chi connectivity index (χ1n) is 6.01. The quantitative estimate of drug-likeness (QED) is 0.781. The van der Waals surface area contributed by atoms with E-state index in [2.05, 4.69) is 32.8 Å². The van der Waals surface area contributed by atoms with Crippen LogP contribution in [0.2, 0.25) is 0 Å². The van der Waals surface area contributed by atoms with Crippen molar-refractivity contribution in [3.05, 3.63) is 54.2 Å². The monoisotopic (exact) mass is 267 g/mol. The van der Waals surface area contributed by atoms with Gasteiger partial charge in [0.15, 0.2) is 0 Å². The van der Waals surface area contributed by atoms with Gasteiger partial charge in [0.25, 0.3) is 0 Å². The van der Waals surface area contributed by atoms with Crippen molar-refractivity contribution in [2.75, 3.05) is 12.4 Å². The maximum Gasteiger partial charge on any atom is 0.124 e. The molecule has 0 bridgehead atoms. The second kappa shape index (κ2) is 5.20. The highest BCUT2D eigenvalue weighted by molar-refractivity contribution is 7.13. The van der Waals surface area contributed by atoms with Crippen molar-refractivity contribution in [2.24, 2.45) is 0 Å². The fourth-order valence-electron chi connectivity index (χ4n) is 1.86. The Kier molecular flexibility index (Phi) is 3.25. The van der Waals surface area contributed by atoms with Crippen LogP contribution in [0.3, 0.4) is 0 Å². The van der Waals surface area contributed by atoms with Crippen molar-refractivity contribution in [2.45, 2.75) is 0 Å². The van der Waals surface area contributed by atoms with Gasteiger partial charge in [0, 0.05) is 41.6 Å². The van der Waals surface area contributed by atoms with Gasteiger partial charge in [0.2, 0.25) is 0 Å². The smallest absolute Gasteiger partial charge is 0.124 e. The summed E-state index contributed by atoms with van der Waals surface area (Å²) in [5.74, 6) is 0. The standard InChI is InChI=1S/C15H13N3S/c1-16-13-6-2-4-11(8-13)15-18-14(10-19-15)12-5-3-7-17-9-12/h2-10,16H,1H3. The summed E-state index contributed by atoms with van der Waals surface area (Å²) in [5.41, 5.74) is 4.25. The molecule has 4 heteroatoms. The summed E-state index contributed by atoms with van der Waals surface area (Å²) < 4.78 is 0. The van der Waals surface area contributed by atoms with Crippen molar-refractivity contribution in [1.82, 2.24) is 9.97 Å². The van der Waals surface area contributed by atoms with Gasteiger partial charge in [-0.2, -0.15) is 0 Å². The van der Waals surface area contributed by atoms with E-state index in [1.165, 1.54) is 0 Å². The average molecular weight is 267 g/mol. The van der Waals surface area contributed by atoms with Crippen LogP contribution in [-0.2, 0) is 0 Å². The summed E-state index contributed by atoms with van der Waals surface area (Å²) >= 11 is 1.65. The topological polar surface area (TPSA) is 37.8 Å². The van der Waals surface area contributed by atoms with E-state index in [4.69, 9.17) is 0 Å². The van der Waals surface area contributed by atoms with Crippen molar-refractivity contribution in [3.8, 4) is 21.8 Å². The summed E-state index contributed by atoms with van der Waals surface area (Å²) in [6.45, 7) is 0. The van der Waals surface area contributed by atoms with E-state index < -0.39 is 0 Å². The Bertz CT molecular complexity index is 677.